The largest absolute Gasteiger partial charge is 0.731 e. The van der Waals surface area contributed by atoms with Gasteiger partial charge in [-0.05, 0) is 15.6 Å². The molecule has 0 fully saturated rings. The van der Waals surface area contributed by atoms with E-state index in [1.165, 1.54) is 0 Å². The molecule has 3 rings (SSSR count). The molecule has 0 heterocycles. The summed E-state index contributed by atoms with van der Waals surface area (Å²) in [5.74, 6) is 0. The maximum atomic E-state index is 13.0. The Labute approximate surface area is 151 Å². The fourth-order valence-corrected chi connectivity index (χ4v) is 9.16. The van der Waals surface area contributed by atoms with Gasteiger partial charge in [0.2, 0.25) is 0 Å². The molecule has 0 saturated carbocycles. The summed E-state index contributed by atoms with van der Waals surface area (Å²) in [7, 11) is -8.67. The third-order valence-corrected chi connectivity index (χ3v) is 10.1. The molecule has 0 aliphatic rings. The van der Waals surface area contributed by atoms with Crippen LogP contribution in [0.1, 0.15) is 0 Å². The average Bonchev–Trinajstić information content (AvgIpc) is 2.74. The van der Waals surface area contributed by atoms with E-state index in [9.17, 15) is 13.8 Å². The quantitative estimate of drug-likeness (QED) is 0.495. The summed E-state index contributed by atoms with van der Waals surface area (Å²) >= 11 is 0. The standard InChI is InChI=1S/C18H16F2O4Si2/c19-22-26(21,23-20)24-25(16-10-4-1-5-11-16,17-12-6-2-7-13-17)18-14-8-3-9-15-18/h1-15,21H. The molecule has 0 bridgehead atoms. The van der Waals surface area contributed by atoms with Crippen molar-refractivity contribution >= 4 is 32.9 Å². The van der Waals surface area contributed by atoms with E-state index in [0.717, 1.165) is 0 Å². The molecule has 134 valence electrons. The smallest absolute Gasteiger partial charge is 0.378 e. The summed E-state index contributed by atoms with van der Waals surface area (Å²) < 4.78 is 38.5. The van der Waals surface area contributed by atoms with Gasteiger partial charge in [0.05, 0.1) is 0 Å². The fourth-order valence-electron chi connectivity index (χ4n) is 2.93. The van der Waals surface area contributed by atoms with Crippen LogP contribution in [-0.4, -0.2) is 22.2 Å². The summed E-state index contributed by atoms with van der Waals surface area (Å²) in [5.41, 5.74) is 0. The van der Waals surface area contributed by atoms with Gasteiger partial charge in [-0.15, -0.1) is 0 Å². The molecule has 0 aliphatic heterocycles. The van der Waals surface area contributed by atoms with E-state index in [-0.39, 0.29) is 0 Å². The molecule has 3 aromatic rings. The lowest BCUT2D eigenvalue weighted by atomic mass is 10.3. The molecule has 0 amide bonds. The summed E-state index contributed by atoms with van der Waals surface area (Å²) in [4.78, 5) is 10.1. The highest BCUT2D eigenvalue weighted by Crippen LogP contribution is 2.17. The monoisotopic (exact) mass is 390 g/mol. The number of hydrogen-bond acceptors (Lipinski definition) is 4. The van der Waals surface area contributed by atoms with Crippen molar-refractivity contribution in [1.29, 1.82) is 0 Å². The van der Waals surface area contributed by atoms with Crippen LogP contribution in [0.4, 0.5) is 9.05 Å². The third-order valence-electron chi connectivity index (χ3n) is 4.02. The predicted molar refractivity (Wildman–Crippen MR) is 97.4 cm³/mol. The highest BCUT2D eigenvalue weighted by molar-refractivity contribution is 7.09. The first-order chi connectivity index (χ1) is 12.6. The molecule has 4 nitrogen and oxygen atoms in total. The number of rotatable bonds is 7. The van der Waals surface area contributed by atoms with Crippen molar-refractivity contribution in [2.24, 2.45) is 0 Å². The van der Waals surface area contributed by atoms with Gasteiger partial charge < -0.3 is 8.91 Å². The van der Waals surface area contributed by atoms with Gasteiger partial charge in [0.15, 0.2) is 0 Å². The molecule has 0 radical (unpaired) electrons. The van der Waals surface area contributed by atoms with Crippen molar-refractivity contribution in [3.05, 3.63) is 91.0 Å². The van der Waals surface area contributed by atoms with Crippen molar-refractivity contribution in [1.82, 2.24) is 0 Å². The third kappa shape index (κ3) is 3.51. The summed E-state index contributed by atoms with van der Waals surface area (Å²) in [6, 6.07) is 26.9. The van der Waals surface area contributed by atoms with Crippen LogP contribution >= 0.6 is 0 Å². The van der Waals surface area contributed by atoms with Crippen LogP contribution in [0.2, 0.25) is 0 Å². The van der Waals surface area contributed by atoms with E-state index in [2.05, 4.69) is 9.26 Å². The molecule has 1 N–H and O–H groups in total. The Morgan fingerprint density at radius 3 is 1.15 bits per heavy atom. The van der Waals surface area contributed by atoms with Gasteiger partial charge >= 0.3 is 9.05 Å². The first-order valence-electron chi connectivity index (χ1n) is 7.83. The van der Waals surface area contributed by atoms with Gasteiger partial charge in [0, 0.05) is 0 Å². The molecule has 0 aliphatic carbocycles. The second kappa shape index (κ2) is 8.00. The van der Waals surface area contributed by atoms with Gasteiger partial charge in [-0.1, -0.05) is 100 Å². The minimum absolute atomic E-state index is 0.678. The van der Waals surface area contributed by atoms with Gasteiger partial charge in [0.25, 0.3) is 8.32 Å². The Morgan fingerprint density at radius 2 is 0.885 bits per heavy atom. The summed E-state index contributed by atoms with van der Waals surface area (Å²) in [6.45, 7) is 0. The topological polar surface area (TPSA) is 47.9 Å². The average molecular weight is 390 g/mol. The van der Waals surface area contributed by atoms with Crippen LogP contribution in [0.3, 0.4) is 0 Å². The summed E-state index contributed by atoms with van der Waals surface area (Å²) in [6.07, 6.45) is 0. The van der Waals surface area contributed by atoms with Crippen molar-refractivity contribution in [2.75, 3.05) is 0 Å². The first kappa shape index (κ1) is 18.6. The fraction of sp³-hybridized carbons (Fsp3) is 0. The molecule has 0 saturated heterocycles. The number of hydrogen-bond donors (Lipinski definition) is 1. The minimum atomic E-state index is -5.15. The Bertz CT molecular complexity index is 722. The van der Waals surface area contributed by atoms with E-state index < -0.39 is 17.4 Å². The predicted octanol–water partition coefficient (Wildman–Crippen LogP) is 1.90. The molecule has 0 spiro atoms. The van der Waals surface area contributed by atoms with Crippen molar-refractivity contribution < 1.29 is 27.2 Å². The van der Waals surface area contributed by atoms with Crippen molar-refractivity contribution in [2.45, 2.75) is 0 Å². The molecular weight excluding hydrogens is 374 g/mol. The second-order valence-electron chi connectivity index (χ2n) is 5.56. The van der Waals surface area contributed by atoms with Gasteiger partial charge in [-0.2, -0.15) is 9.26 Å². The van der Waals surface area contributed by atoms with Gasteiger partial charge in [-0.3, -0.25) is 0 Å². The molecule has 0 atom stereocenters. The molecule has 8 heteroatoms. The lowest BCUT2D eigenvalue weighted by Crippen LogP contribution is -2.73. The molecule has 0 aromatic heterocycles. The SMILES string of the molecule is O[Si](OF)(OF)O[Si](c1ccccc1)(c1ccccc1)c1ccccc1. The minimum Gasteiger partial charge on any atom is -0.378 e. The maximum absolute atomic E-state index is 13.0. The van der Waals surface area contributed by atoms with Crippen LogP contribution in [0.5, 0.6) is 0 Å². The number of halogens is 2. The van der Waals surface area contributed by atoms with Crippen LogP contribution < -0.4 is 15.6 Å². The zero-order valence-corrected chi connectivity index (χ0v) is 15.6. The van der Waals surface area contributed by atoms with Gasteiger partial charge in [0.1, 0.15) is 0 Å². The lowest BCUT2D eigenvalue weighted by molar-refractivity contribution is -0.185. The van der Waals surface area contributed by atoms with E-state index >= 15 is 0 Å². The van der Waals surface area contributed by atoms with E-state index in [1.54, 1.807) is 72.8 Å². The highest BCUT2D eigenvalue weighted by Gasteiger charge is 2.56. The Kier molecular flexibility index (Phi) is 5.72. The van der Waals surface area contributed by atoms with Crippen molar-refractivity contribution in [3.8, 4) is 0 Å². The first-order valence-corrected chi connectivity index (χ1v) is 11.4. The number of benzene rings is 3. The van der Waals surface area contributed by atoms with Crippen LogP contribution in [0, 0.1) is 0 Å². The van der Waals surface area contributed by atoms with Crippen LogP contribution in [-0.2, 0) is 13.4 Å². The van der Waals surface area contributed by atoms with Crippen LogP contribution in [0.25, 0.3) is 0 Å². The Hall–Kier alpha value is -2.21. The normalized spacial score (nSPS) is 12.1. The lowest BCUT2D eigenvalue weighted by Gasteiger charge is -2.35. The van der Waals surface area contributed by atoms with Gasteiger partial charge in [-0.25, -0.2) is 0 Å². The molecular formula is C18H16F2O4Si2. The van der Waals surface area contributed by atoms with Crippen molar-refractivity contribution in [3.63, 3.8) is 0 Å². The zero-order valence-electron chi connectivity index (χ0n) is 13.6. The van der Waals surface area contributed by atoms with E-state index in [1.807, 2.05) is 18.2 Å². The van der Waals surface area contributed by atoms with E-state index in [4.69, 9.17) is 4.12 Å². The second-order valence-corrected chi connectivity index (χ2v) is 10.8. The summed E-state index contributed by atoms with van der Waals surface area (Å²) in [5, 5.41) is 2.03. The molecule has 26 heavy (non-hydrogen) atoms. The molecule has 0 unspecified atom stereocenters. The molecule has 3 aromatic carbocycles. The Balaban J connectivity index is 2.32. The van der Waals surface area contributed by atoms with E-state index in [0.29, 0.717) is 15.6 Å². The van der Waals surface area contributed by atoms with Crippen LogP contribution in [0.15, 0.2) is 91.0 Å². The zero-order chi connectivity index (χ0) is 18.5. The Morgan fingerprint density at radius 1 is 0.577 bits per heavy atom. The highest BCUT2D eigenvalue weighted by atomic mass is 28.5. The maximum Gasteiger partial charge on any atom is 0.731 e.